The minimum Gasteiger partial charge on any atom is -0.310 e. The molecule has 0 aliphatic heterocycles. The molecule has 0 radical (unpaired) electrons. The highest BCUT2D eigenvalue weighted by atomic mass is 15.1. The number of fused-ring (bicyclic) bond motifs is 3. The molecule has 7 aromatic carbocycles. The molecule has 1 nitrogen and oxygen atoms in total. The molecular formula is C65H75N. The van der Waals surface area contributed by atoms with Gasteiger partial charge in [-0.05, 0) is 153 Å². The zero-order chi connectivity index (χ0) is 47.9. The van der Waals surface area contributed by atoms with Gasteiger partial charge in [0.1, 0.15) is 0 Å². The first-order chi connectivity index (χ1) is 30.6. The predicted octanol–water partition coefficient (Wildman–Crippen LogP) is 19.0. The van der Waals surface area contributed by atoms with Gasteiger partial charge < -0.3 is 4.90 Å². The van der Waals surface area contributed by atoms with Gasteiger partial charge in [-0.25, -0.2) is 0 Å². The van der Waals surface area contributed by atoms with Crippen molar-refractivity contribution in [2.75, 3.05) is 4.90 Å². The summed E-state index contributed by atoms with van der Waals surface area (Å²) in [6.45, 7) is 39.7. The molecular weight excluding hydrogens is 795 g/mol. The molecule has 0 unspecified atom stereocenters. The first-order valence-electron chi connectivity index (χ1n) is 24.3. The zero-order valence-electron chi connectivity index (χ0n) is 43.3. The number of nitrogens with zero attached hydrogens (tertiary/aromatic N) is 1. The fourth-order valence-corrected chi connectivity index (χ4v) is 9.66. The maximum absolute atomic E-state index is 2.52. The second kappa shape index (κ2) is 16.3. The molecule has 1 heteroatoms. The summed E-state index contributed by atoms with van der Waals surface area (Å²) in [5.41, 5.74) is 22.8. The molecule has 0 saturated heterocycles. The lowest BCUT2D eigenvalue weighted by molar-refractivity contribution is 0.569. The van der Waals surface area contributed by atoms with E-state index in [4.69, 9.17) is 0 Å². The van der Waals surface area contributed by atoms with Crippen molar-refractivity contribution >= 4 is 17.1 Å². The Hall–Kier alpha value is -5.66. The Kier molecular flexibility index (Phi) is 11.6. The van der Waals surface area contributed by atoms with Gasteiger partial charge in [-0.2, -0.15) is 0 Å². The Morgan fingerprint density at radius 2 is 0.697 bits per heavy atom. The van der Waals surface area contributed by atoms with Crippen LogP contribution in [-0.2, 0) is 32.5 Å². The summed E-state index contributed by atoms with van der Waals surface area (Å²) in [6, 6.07) is 56.5. The van der Waals surface area contributed by atoms with Crippen LogP contribution in [0.1, 0.15) is 157 Å². The third-order valence-electron chi connectivity index (χ3n) is 14.2. The summed E-state index contributed by atoms with van der Waals surface area (Å²) in [7, 11) is 0. The zero-order valence-corrected chi connectivity index (χ0v) is 43.3. The standard InChI is InChI=1S/C65H75N/c1-60(2,3)48-24-20-22-42(31-48)43-23-21-25-53(37-43)66(54-28-29-57-56-26-18-19-27-58(56)65(16,17)59(57)41-54)55-38-47(36-52(40-55)64(13,14)15)45-30-44(32-49(33-45)61(4,5)6)46-34-50(62(7,8)9)39-51(35-46)63(10,11)12/h18-41H,1-17H3. The highest BCUT2D eigenvalue weighted by Gasteiger charge is 2.36. The minimum absolute atomic E-state index is 0.0160. The van der Waals surface area contributed by atoms with Crippen LogP contribution in [0.3, 0.4) is 0 Å². The van der Waals surface area contributed by atoms with Gasteiger partial charge in [0.25, 0.3) is 0 Å². The summed E-state index contributed by atoms with van der Waals surface area (Å²) >= 11 is 0. The van der Waals surface area contributed by atoms with Crippen molar-refractivity contribution in [1.82, 2.24) is 0 Å². The van der Waals surface area contributed by atoms with E-state index >= 15 is 0 Å². The van der Waals surface area contributed by atoms with Crippen molar-refractivity contribution < 1.29 is 0 Å². The number of hydrogen-bond acceptors (Lipinski definition) is 1. The molecule has 1 aliphatic rings. The average Bonchev–Trinajstić information content (AvgIpc) is 3.47. The van der Waals surface area contributed by atoms with Crippen molar-refractivity contribution in [2.24, 2.45) is 0 Å². The Morgan fingerprint density at radius 1 is 0.288 bits per heavy atom. The highest BCUT2D eigenvalue weighted by molar-refractivity contribution is 5.88. The van der Waals surface area contributed by atoms with Crippen LogP contribution in [0.5, 0.6) is 0 Å². The van der Waals surface area contributed by atoms with E-state index in [2.05, 4.69) is 268 Å². The van der Waals surface area contributed by atoms with Gasteiger partial charge in [0, 0.05) is 22.5 Å². The van der Waals surface area contributed by atoms with E-state index in [1.165, 1.54) is 83.5 Å². The molecule has 0 heterocycles. The molecule has 0 fully saturated rings. The SMILES string of the molecule is CC(C)(C)c1cccc(-c2cccc(N(c3cc(-c4cc(-c5cc(C(C)(C)C)cc(C(C)(C)C)c5)cc(C(C)(C)C)c4)cc(C(C)(C)C)c3)c3ccc4c(c3)C(C)(C)c3ccccc3-4)c2)c1. The summed E-state index contributed by atoms with van der Waals surface area (Å²) < 4.78 is 0. The van der Waals surface area contributed by atoms with Crippen LogP contribution in [0.4, 0.5) is 17.1 Å². The summed E-state index contributed by atoms with van der Waals surface area (Å²) in [6.07, 6.45) is 0. The van der Waals surface area contributed by atoms with Gasteiger partial charge >= 0.3 is 0 Å². The van der Waals surface area contributed by atoms with Crippen LogP contribution >= 0.6 is 0 Å². The molecule has 0 atom stereocenters. The first kappa shape index (κ1) is 46.9. The molecule has 340 valence electrons. The van der Waals surface area contributed by atoms with E-state index in [1.54, 1.807) is 0 Å². The Labute approximate surface area is 399 Å². The molecule has 1 aliphatic carbocycles. The molecule has 7 aromatic rings. The van der Waals surface area contributed by atoms with Gasteiger partial charge in [0.15, 0.2) is 0 Å². The number of anilines is 3. The van der Waals surface area contributed by atoms with E-state index in [-0.39, 0.29) is 32.5 Å². The fraction of sp³-hybridized carbons (Fsp3) is 0.354. The van der Waals surface area contributed by atoms with Crippen molar-refractivity contribution in [3.8, 4) is 44.5 Å². The molecule has 0 bridgehead atoms. The van der Waals surface area contributed by atoms with E-state index < -0.39 is 0 Å². The largest absolute Gasteiger partial charge is 0.310 e. The summed E-state index contributed by atoms with van der Waals surface area (Å²) in [5.74, 6) is 0. The second-order valence-electron chi connectivity index (χ2n) is 25.0. The summed E-state index contributed by atoms with van der Waals surface area (Å²) in [4.78, 5) is 2.52. The van der Waals surface area contributed by atoms with Crippen LogP contribution in [0.15, 0.2) is 146 Å². The van der Waals surface area contributed by atoms with Crippen molar-refractivity contribution in [2.45, 2.75) is 150 Å². The second-order valence-corrected chi connectivity index (χ2v) is 25.0. The lowest BCUT2D eigenvalue weighted by Crippen LogP contribution is -2.17. The van der Waals surface area contributed by atoms with Gasteiger partial charge in [-0.1, -0.05) is 221 Å². The van der Waals surface area contributed by atoms with Gasteiger partial charge in [-0.15, -0.1) is 0 Å². The Morgan fingerprint density at radius 3 is 1.26 bits per heavy atom. The van der Waals surface area contributed by atoms with Crippen molar-refractivity contribution in [3.63, 3.8) is 0 Å². The number of benzene rings is 7. The first-order valence-corrected chi connectivity index (χ1v) is 24.3. The highest BCUT2D eigenvalue weighted by Crippen LogP contribution is 2.51. The minimum atomic E-state index is -0.137. The van der Waals surface area contributed by atoms with Crippen LogP contribution in [0.25, 0.3) is 44.5 Å². The normalized spacial score (nSPS) is 14.0. The van der Waals surface area contributed by atoms with Gasteiger partial charge in [-0.3, -0.25) is 0 Å². The van der Waals surface area contributed by atoms with Gasteiger partial charge in [0.2, 0.25) is 0 Å². The molecule has 0 saturated carbocycles. The molecule has 66 heavy (non-hydrogen) atoms. The van der Waals surface area contributed by atoms with Crippen LogP contribution in [-0.4, -0.2) is 0 Å². The average molecular weight is 870 g/mol. The lowest BCUT2D eigenvalue weighted by atomic mass is 9.78. The summed E-state index contributed by atoms with van der Waals surface area (Å²) in [5, 5.41) is 0. The Balaban J connectivity index is 1.39. The quantitative estimate of drug-likeness (QED) is 0.161. The topological polar surface area (TPSA) is 3.24 Å². The predicted molar refractivity (Wildman–Crippen MR) is 288 cm³/mol. The smallest absolute Gasteiger partial charge is 0.0470 e. The molecule has 0 spiro atoms. The maximum atomic E-state index is 2.52. The third-order valence-corrected chi connectivity index (χ3v) is 14.2. The van der Waals surface area contributed by atoms with E-state index in [1.807, 2.05) is 0 Å². The van der Waals surface area contributed by atoms with Crippen molar-refractivity contribution in [3.05, 3.63) is 185 Å². The van der Waals surface area contributed by atoms with Crippen LogP contribution < -0.4 is 4.90 Å². The van der Waals surface area contributed by atoms with E-state index in [0.29, 0.717) is 0 Å². The molecule has 0 aromatic heterocycles. The van der Waals surface area contributed by atoms with E-state index in [9.17, 15) is 0 Å². The van der Waals surface area contributed by atoms with Crippen LogP contribution in [0.2, 0.25) is 0 Å². The van der Waals surface area contributed by atoms with E-state index in [0.717, 1.165) is 17.1 Å². The van der Waals surface area contributed by atoms with Crippen LogP contribution in [0, 0.1) is 0 Å². The third kappa shape index (κ3) is 9.21. The Bertz CT molecular complexity index is 2920. The maximum Gasteiger partial charge on any atom is 0.0470 e. The monoisotopic (exact) mass is 870 g/mol. The number of rotatable bonds is 6. The lowest BCUT2D eigenvalue weighted by Gasteiger charge is -2.31. The molecule has 8 rings (SSSR count). The van der Waals surface area contributed by atoms with Crippen molar-refractivity contribution in [1.29, 1.82) is 0 Å². The number of hydrogen-bond donors (Lipinski definition) is 0. The molecule has 0 N–H and O–H groups in total. The fourth-order valence-electron chi connectivity index (χ4n) is 9.66. The van der Waals surface area contributed by atoms with Gasteiger partial charge in [0.05, 0.1) is 0 Å². The molecule has 0 amide bonds.